The van der Waals surface area contributed by atoms with E-state index in [1.165, 1.54) is 11.1 Å². The number of fused-ring (bicyclic) bond motifs is 8. The van der Waals surface area contributed by atoms with Gasteiger partial charge in [0.05, 0.1) is 0 Å². The summed E-state index contributed by atoms with van der Waals surface area (Å²) < 4.78 is 13.2. The van der Waals surface area contributed by atoms with Crippen LogP contribution in [0.5, 0.6) is 0 Å². The van der Waals surface area contributed by atoms with Gasteiger partial charge in [-0.05, 0) is 81.7 Å². The van der Waals surface area contributed by atoms with Crippen LogP contribution in [0.1, 0.15) is 0 Å². The van der Waals surface area contributed by atoms with Crippen LogP contribution in [-0.2, 0) is 0 Å². The molecule has 258 valence electrons. The maximum absolute atomic E-state index is 6.77. The number of nitrogens with zero attached hydrogens (tertiary/aromatic N) is 1. The third-order valence-corrected chi connectivity index (χ3v) is 10.9. The van der Waals surface area contributed by atoms with Crippen molar-refractivity contribution < 1.29 is 8.83 Å². The van der Waals surface area contributed by atoms with Gasteiger partial charge in [-0.1, -0.05) is 146 Å². The highest BCUT2D eigenvalue weighted by Crippen LogP contribution is 2.44. The number of hydrogen-bond acceptors (Lipinski definition) is 3. The van der Waals surface area contributed by atoms with Crippen LogP contribution in [0.15, 0.2) is 209 Å². The molecule has 0 radical (unpaired) electrons. The van der Waals surface area contributed by atoms with Crippen molar-refractivity contribution in [3.63, 3.8) is 0 Å². The van der Waals surface area contributed by atoms with Crippen LogP contribution < -0.4 is 4.90 Å². The van der Waals surface area contributed by atoms with Crippen molar-refractivity contribution in [1.29, 1.82) is 0 Å². The van der Waals surface area contributed by atoms with Crippen molar-refractivity contribution >= 4 is 71.7 Å². The summed E-state index contributed by atoms with van der Waals surface area (Å²) in [7, 11) is 0. The van der Waals surface area contributed by atoms with Gasteiger partial charge >= 0.3 is 0 Å². The molecule has 0 unspecified atom stereocenters. The molecule has 0 atom stereocenters. The van der Waals surface area contributed by atoms with Gasteiger partial charge in [-0.15, -0.1) is 0 Å². The van der Waals surface area contributed by atoms with Crippen LogP contribution in [0.25, 0.3) is 88.0 Å². The molecular weight excluding hydrogens is 671 g/mol. The van der Waals surface area contributed by atoms with E-state index in [4.69, 9.17) is 8.83 Å². The lowest BCUT2D eigenvalue weighted by Gasteiger charge is -2.26. The summed E-state index contributed by atoms with van der Waals surface area (Å²) >= 11 is 0. The normalized spacial score (nSPS) is 11.6. The van der Waals surface area contributed by atoms with E-state index in [-0.39, 0.29) is 0 Å². The van der Waals surface area contributed by atoms with Crippen molar-refractivity contribution in [2.45, 2.75) is 0 Å². The Labute approximate surface area is 317 Å². The monoisotopic (exact) mass is 703 g/mol. The quantitative estimate of drug-likeness (QED) is 0.173. The highest BCUT2D eigenvalue weighted by Gasteiger charge is 2.19. The van der Waals surface area contributed by atoms with Crippen molar-refractivity contribution in [3.05, 3.63) is 200 Å². The first kappa shape index (κ1) is 31.2. The van der Waals surface area contributed by atoms with E-state index < -0.39 is 0 Å². The molecule has 55 heavy (non-hydrogen) atoms. The molecule has 11 aromatic rings. The smallest absolute Gasteiger partial charge is 0.143 e. The van der Waals surface area contributed by atoms with E-state index >= 15 is 0 Å². The van der Waals surface area contributed by atoms with Crippen molar-refractivity contribution in [2.24, 2.45) is 0 Å². The largest absolute Gasteiger partial charge is 0.456 e. The van der Waals surface area contributed by atoms with Gasteiger partial charge in [0, 0.05) is 55.6 Å². The lowest BCUT2D eigenvalue weighted by atomic mass is 9.94. The zero-order chi connectivity index (χ0) is 36.3. The van der Waals surface area contributed by atoms with Crippen molar-refractivity contribution in [1.82, 2.24) is 0 Å². The fraction of sp³-hybridized carbons (Fsp3) is 0. The summed E-state index contributed by atoms with van der Waals surface area (Å²) in [4.78, 5) is 2.32. The standard InChI is InChI=1S/C52H33NO2/c1-3-13-34(14-4-1)37-17-11-18-39(31-37)53(40-29-30-44-43-20-9-10-24-49(43)54-50(44)32-40)38-27-25-36(26-28-38)47-33-48-46-23-12-22-41(35-15-5-2-6-16-35)51(46)55-52(48)45-21-8-7-19-42(45)47/h1-33H. The first-order valence-corrected chi connectivity index (χ1v) is 18.7. The number of hydrogen-bond donors (Lipinski definition) is 0. The van der Waals surface area contributed by atoms with Crippen LogP contribution in [0, 0.1) is 0 Å². The second kappa shape index (κ2) is 12.6. The first-order valence-electron chi connectivity index (χ1n) is 18.7. The Morgan fingerprint density at radius 2 is 0.855 bits per heavy atom. The average molecular weight is 704 g/mol. The lowest BCUT2D eigenvalue weighted by Crippen LogP contribution is -2.10. The molecule has 0 aliphatic rings. The van der Waals surface area contributed by atoms with E-state index in [9.17, 15) is 0 Å². The SMILES string of the molecule is c1ccc(-c2cccc(N(c3ccc(-c4cc5c6cccc(-c7ccccc7)c6oc5c5ccccc45)cc3)c3ccc4c(c3)oc3ccccc34)c2)cc1. The fourth-order valence-corrected chi connectivity index (χ4v) is 8.25. The second-order valence-corrected chi connectivity index (χ2v) is 14.1. The summed E-state index contributed by atoms with van der Waals surface area (Å²) in [5.74, 6) is 0. The average Bonchev–Trinajstić information content (AvgIpc) is 3.83. The Balaban J connectivity index is 1.07. The Hall–Kier alpha value is -7.36. The molecule has 0 saturated heterocycles. The van der Waals surface area contributed by atoms with Crippen LogP contribution in [0.4, 0.5) is 17.1 Å². The van der Waals surface area contributed by atoms with Crippen LogP contribution in [0.2, 0.25) is 0 Å². The highest BCUT2D eigenvalue weighted by atomic mass is 16.3. The molecular formula is C52H33NO2. The number of anilines is 3. The van der Waals surface area contributed by atoms with E-state index in [0.29, 0.717) is 0 Å². The lowest BCUT2D eigenvalue weighted by molar-refractivity contribution is 0.669. The molecule has 0 aliphatic carbocycles. The third kappa shape index (κ3) is 5.20. The summed E-state index contributed by atoms with van der Waals surface area (Å²) in [6.45, 7) is 0. The minimum atomic E-state index is 0.863. The third-order valence-electron chi connectivity index (χ3n) is 10.9. The molecule has 0 aliphatic heterocycles. The minimum absolute atomic E-state index is 0.863. The maximum atomic E-state index is 6.77. The summed E-state index contributed by atoms with van der Waals surface area (Å²) in [6, 6.07) is 70.9. The molecule has 0 spiro atoms. The van der Waals surface area contributed by atoms with Crippen molar-refractivity contribution in [2.75, 3.05) is 4.90 Å². The topological polar surface area (TPSA) is 29.5 Å². The zero-order valence-electron chi connectivity index (χ0n) is 29.8. The molecule has 11 rings (SSSR count). The molecule has 0 N–H and O–H groups in total. The molecule has 0 amide bonds. The van der Waals surface area contributed by atoms with Crippen LogP contribution >= 0.6 is 0 Å². The number of rotatable bonds is 6. The number of benzene rings is 9. The molecule has 0 fully saturated rings. The van der Waals surface area contributed by atoms with Gasteiger partial charge in [-0.2, -0.15) is 0 Å². The first-order chi connectivity index (χ1) is 27.3. The predicted molar refractivity (Wildman–Crippen MR) is 229 cm³/mol. The Bertz CT molecular complexity index is 3190. The maximum Gasteiger partial charge on any atom is 0.143 e. The Kier molecular flexibility index (Phi) is 7.17. The summed E-state index contributed by atoms with van der Waals surface area (Å²) in [6.07, 6.45) is 0. The number of furan rings is 2. The molecule has 2 heterocycles. The van der Waals surface area contributed by atoms with E-state index in [1.54, 1.807) is 0 Å². The van der Waals surface area contributed by atoms with E-state index in [2.05, 4.69) is 187 Å². The van der Waals surface area contributed by atoms with Gasteiger partial charge in [0.15, 0.2) is 0 Å². The van der Waals surface area contributed by atoms with Crippen LogP contribution in [0.3, 0.4) is 0 Å². The molecule has 9 aromatic carbocycles. The van der Waals surface area contributed by atoms with Gasteiger partial charge in [-0.25, -0.2) is 0 Å². The Morgan fingerprint density at radius 1 is 0.273 bits per heavy atom. The van der Waals surface area contributed by atoms with Crippen molar-refractivity contribution in [3.8, 4) is 33.4 Å². The summed E-state index contributed by atoms with van der Waals surface area (Å²) in [5, 5.41) is 6.72. The zero-order valence-corrected chi connectivity index (χ0v) is 29.8. The molecule has 3 nitrogen and oxygen atoms in total. The second-order valence-electron chi connectivity index (χ2n) is 14.1. The van der Waals surface area contributed by atoms with E-state index in [1.807, 2.05) is 18.2 Å². The molecule has 2 aromatic heterocycles. The van der Waals surface area contributed by atoms with Gasteiger partial charge in [-0.3, -0.25) is 0 Å². The molecule has 0 saturated carbocycles. The molecule has 3 heteroatoms. The predicted octanol–water partition coefficient (Wildman–Crippen LogP) is 15.1. The van der Waals surface area contributed by atoms with Gasteiger partial charge in [0.25, 0.3) is 0 Å². The highest BCUT2D eigenvalue weighted by molar-refractivity contribution is 6.20. The summed E-state index contributed by atoms with van der Waals surface area (Å²) in [5.41, 5.74) is 13.6. The Morgan fingerprint density at radius 3 is 1.67 bits per heavy atom. The van der Waals surface area contributed by atoms with Gasteiger partial charge in [0.2, 0.25) is 0 Å². The fourth-order valence-electron chi connectivity index (χ4n) is 8.25. The van der Waals surface area contributed by atoms with Gasteiger partial charge in [0.1, 0.15) is 22.3 Å². The van der Waals surface area contributed by atoms with Gasteiger partial charge < -0.3 is 13.7 Å². The minimum Gasteiger partial charge on any atom is -0.456 e. The van der Waals surface area contributed by atoms with Crippen LogP contribution in [-0.4, -0.2) is 0 Å². The van der Waals surface area contributed by atoms with E-state index in [0.717, 1.165) is 94.0 Å². The molecule has 0 bridgehead atoms. The number of para-hydroxylation sites is 2.